The third-order valence-corrected chi connectivity index (χ3v) is 3.60. The molecule has 0 saturated carbocycles. The molecule has 0 atom stereocenters. The highest BCUT2D eigenvalue weighted by molar-refractivity contribution is 9.10. The third kappa shape index (κ3) is 3.28. The van der Waals surface area contributed by atoms with Crippen LogP contribution in [0.1, 0.15) is 11.1 Å². The molecule has 0 bridgehead atoms. The van der Waals surface area contributed by atoms with E-state index in [1.807, 2.05) is 0 Å². The van der Waals surface area contributed by atoms with Crippen LogP contribution in [-0.2, 0) is 6.54 Å². The first-order valence-electron chi connectivity index (χ1n) is 5.90. The molecule has 0 amide bonds. The fraction of sp³-hybridized carbons (Fsp3) is 0.133. The molecule has 0 spiro atoms. The molecule has 2 rings (SSSR count). The number of halogens is 2. The van der Waals surface area contributed by atoms with E-state index in [0.717, 1.165) is 10.0 Å². The first kappa shape index (κ1) is 14.4. The minimum atomic E-state index is -0.295. The second-order valence-electron chi connectivity index (χ2n) is 4.11. The minimum Gasteiger partial charge on any atom is -0.497 e. The van der Waals surface area contributed by atoms with E-state index in [0.29, 0.717) is 23.5 Å². The van der Waals surface area contributed by atoms with E-state index >= 15 is 0 Å². The SMILES string of the molecule is COc1ccc(C#N)c(NCc2cc(F)ccc2Br)c1. The van der Waals surface area contributed by atoms with Crippen LogP contribution in [0.25, 0.3) is 0 Å². The third-order valence-electron chi connectivity index (χ3n) is 2.82. The van der Waals surface area contributed by atoms with Gasteiger partial charge in [0.1, 0.15) is 17.6 Å². The average molecular weight is 335 g/mol. The zero-order chi connectivity index (χ0) is 14.5. The molecule has 1 N–H and O–H groups in total. The van der Waals surface area contributed by atoms with Crippen molar-refractivity contribution in [1.29, 1.82) is 5.26 Å². The number of hydrogen-bond acceptors (Lipinski definition) is 3. The zero-order valence-corrected chi connectivity index (χ0v) is 12.4. The Hall–Kier alpha value is -2.06. The summed E-state index contributed by atoms with van der Waals surface area (Å²) in [5.74, 6) is 0.362. The fourth-order valence-electron chi connectivity index (χ4n) is 1.76. The molecule has 20 heavy (non-hydrogen) atoms. The Morgan fingerprint density at radius 2 is 2.10 bits per heavy atom. The molecule has 0 aliphatic rings. The van der Waals surface area contributed by atoms with Crippen molar-refractivity contribution in [2.24, 2.45) is 0 Å². The molecule has 0 fully saturated rings. The molecule has 3 nitrogen and oxygen atoms in total. The number of rotatable bonds is 4. The van der Waals surface area contributed by atoms with Crippen LogP contribution in [-0.4, -0.2) is 7.11 Å². The fourth-order valence-corrected chi connectivity index (χ4v) is 2.15. The first-order chi connectivity index (χ1) is 9.63. The van der Waals surface area contributed by atoms with Gasteiger partial charge in [-0.15, -0.1) is 0 Å². The van der Waals surface area contributed by atoms with E-state index in [1.165, 1.54) is 12.1 Å². The number of anilines is 1. The number of ether oxygens (including phenoxy) is 1. The Balaban J connectivity index is 2.22. The van der Waals surface area contributed by atoms with E-state index < -0.39 is 0 Å². The highest BCUT2D eigenvalue weighted by Gasteiger charge is 2.06. The molecule has 0 saturated heterocycles. The maximum atomic E-state index is 13.2. The summed E-state index contributed by atoms with van der Waals surface area (Å²) in [7, 11) is 1.56. The van der Waals surface area contributed by atoms with Crippen molar-refractivity contribution in [3.8, 4) is 11.8 Å². The molecule has 2 aromatic rings. The Bertz CT molecular complexity index is 667. The quantitative estimate of drug-likeness (QED) is 0.916. The van der Waals surface area contributed by atoms with E-state index in [1.54, 1.807) is 31.4 Å². The average Bonchev–Trinajstić information content (AvgIpc) is 2.47. The molecule has 0 radical (unpaired) electrons. The van der Waals surface area contributed by atoms with E-state index in [9.17, 15) is 4.39 Å². The van der Waals surface area contributed by atoms with E-state index in [2.05, 4.69) is 27.3 Å². The predicted octanol–water partition coefficient (Wildman–Crippen LogP) is 4.08. The summed E-state index contributed by atoms with van der Waals surface area (Å²) in [6.07, 6.45) is 0. The van der Waals surface area contributed by atoms with Gasteiger partial charge in [0.15, 0.2) is 0 Å². The standard InChI is InChI=1S/C15H12BrFN2O/c1-20-13-4-2-10(8-18)15(7-13)19-9-11-6-12(17)3-5-14(11)16/h2-7,19H,9H2,1H3. The van der Waals surface area contributed by atoms with Crippen LogP contribution in [0.15, 0.2) is 40.9 Å². The van der Waals surface area contributed by atoms with Gasteiger partial charge in [0.25, 0.3) is 0 Å². The highest BCUT2D eigenvalue weighted by Crippen LogP contribution is 2.24. The van der Waals surface area contributed by atoms with Crippen molar-refractivity contribution in [2.75, 3.05) is 12.4 Å². The molecule has 2 aromatic carbocycles. The van der Waals surface area contributed by atoms with E-state index in [-0.39, 0.29) is 5.82 Å². The molecule has 5 heteroatoms. The number of nitrogens with one attached hydrogen (secondary N) is 1. The molecule has 0 aliphatic carbocycles. The van der Waals surface area contributed by atoms with Crippen LogP contribution in [0, 0.1) is 17.1 Å². The summed E-state index contributed by atoms with van der Waals surface area (Å²) >= 11 is 3.37. The van der Waals surface area contributed by atoms with Crippen molar-refractivity contribution in [1.82, 2.24) is 0 Å². The topological polar surface area (TPSA) is 45.0 Å². The summed E-state index contributed by atoms with van der Waals surface area (Å²) in [6, 6.07) is 11.7. The van der Waals surface area contributed by atoms with Crippen LogP contribution in [0.3, 0.4) is 0 Å². The maximum absolute atomic E-state index is 13.2. The van der Waals surface area contributed by atoms with Gasteiger partial charge >= 0.3 is 0 Å². The molecule has 0 aromatic heterocycles. The van der Waals surface area contributed by atoms with Crippen LogP contribution < -0.4 is 10.1 Å². The van der Waals surface area contributed by atoms with Crippen LogP contribution in [0.4, 0.5) is 10.1 Å². The largest absolute Gasteiger partial charge is 0.497 e. The summed E-state index contributed by atoms with van der Waals surface area (Å²) in [5, 5.41) is 12.2. The zero-order valence-electron chi connectivity index (χ0n) is 10.8. The highest BCUT2D eigenvalue weighted by atomic mass is 79.9. The Labute approximate surface area is 125 Å². The Morgan fingerprint density at radius 3 is 2.80 bits per heavy atom. The summed E-state index contributed by atoms with van der Waals surface area (Å²) < 4.78 is 19.2. The number of methoxy groups -OCH3 is 1. The number of hydrogen-bond donors (Lipinski definition) is 1. The van der Waals surface area contributed by atoms with Gasteiger partial charge in [0, 0.05) is 17.1 Å². The van der Waals surface area contributed by atoms with E-state index in [4.69, 9.17) is 10.00 Å². The van der Waals surface area contributed by atoms with Gasteiger partial charge in [0.05, 0.1) is 18.4 Å². The van der Waals surface area contributed by atoms with Crippen molar-refractivity contribution < 1.29 is 9.13 Å². The smallest absolute Gasteiger partial charge is 0.123 e. The summed E-state index contributed by atoms with van der Waals surface area (Å²) in [5.41, 5.74) is 1.94. The molecule has 102 valence electrons. The second-order valence-corrected chi connectivity index (χ2v) is 4.97. The summed E-state index contributed by atoms with van der Waals surface area (Å²) in [4.78, 5) is 0. The van der Waals surface area contributed by atoms with Crippen LogP contribution in [0.2, 0.25) is 0 Å². The van der Waals surface area contributed by atoms with Crippen molar-refractivity contribution in [3.63, 3.8) is 0 Å². The molecule has 0 aliphatic heterocycles. The van der Waals surface area contributed by atoms with Crippen LogP contribution >= 0.6 is 15.9 Å². The normalized spacial score (nSPS) is 9.90. The molecular formula is C15H12BrFN2O. The van der Waals surface area contributed by atoms with Gasteiger partial charge in [-0.3, -0.25) is 0 Å². The monoisotopic (exact) mass is 334 g/mol. The number of nitriles is 1. The van der Waals surface area contributed by atoms with Gasteiger partial charge in [-0.05, 0) is 35.9 Å². The first-order valence-corrected chi connectivity index (χ1v) is 6.69. The Kier molecular flexibility index (Phi) is 4.59. The molecular weight excluding hydrogens is 323 g/mol. The minimum absolute atomic E-state index is 0.295. The van der Waals surface area contributed by atoms with Gasteiger partial charge in [-0.25, -0.2) is 4.39 Å². The van der Waals surface area contributed by atoms with Gasteiger partial charge in [0.2, 0.25) is 0 Å². The predicted molar refractivity (Wildman–Crippen MR) is 79.1 cm³/mol. The second kappa shape index (κ2) is 6.40. The number of benzene rings is 2. The summed E-state index contributed by atoms with van der Waals surface area (Å²) in [6.45, 7) is 0.403. The lowest BCUT2D eigenvalue weighted by Gasteiger charge is -2.11. The van der Waals surface area contributed by atoms with Crippen molar-refractivity contribution >= 4 is 21.6 Å². The van der Waals surface area contributed by atoms with Crippen molar-refractivity contribution in [3.05, 3.63) is 57.8 Å². The molecule has 0 unspecified atom stereocenters. The van der Waals surface area contributed by atoms with Crippen molar-refractivity contribution in [2.45, 2.75) is 6.54 Å². The van der Waals surface area contributed by atoms with Gasteiger partial charge in [-0.1, -0.05) is 15.9 Å². The lowest BCUT2D eigenvalue weighted by molar-refractivity contribution is 0.415. The van der Waals surface area contributed by atoms with Crippen LogP contribution in [0.5, 0.6) is 5.75 Å². The Morgan fingerprint density at radius 1 is 1.30 bits per heavy atom. The maximum Gasteiger partial charge on any atom is 0.123 e. The molecule has 0 heterocycles. The van der Waals surface area contributed by atoms with Gasteiger partial charge < -0.3 is 10.1 Å². The lowest BCUT2D eigenvalue weighted by atomic mass is 10.1. The lowest BCUT2D eigenvalue weighted by Crippen LogP contribution is -2.03. The number of nitrogens with zero attached hydrogens (tertiary/aromatic N) is 1. The van der Waals surface area contributed by atoms with Gasteiger partial charge in [-0.2, -0.15) is 5.26 Å².